The highest BCUT2D eigenvalue weighted by molar-refractivity contribution is 6.11. The third-order valence-electron chi connectivity index (χ3n) is 6.42. The van der Waals surface area contributed by atoms with Gasteiger partial charge in [0.2, 0.25) is 17.7 Å². The predicted molar refractivity (Wildman–Crippen MR) is 129 cm³/mol. The van der Waals surface area contributed by atoms with Crippen molar-refractivity contribution in [1.29, 1.82) is 0 Å². The number of rotatable bonds is 9. The van der Waals surface area contributed by atoms with Gasteiger partial charge in [0.1, 0.15) is 0 Å². The second kappa shape index (κ2) is 10.1. The summed E-state index contributed by atoms with van der Waals surface area (Å²) in [5.41, 5.74) is 2.24. The lowest BCUT2D eigenvalue weighted by Gasteiger charge is -2.28. The number of nitrogens with zero attached hydrogens (tertiary/aromatic N) is 2. The minimum Gasteiger partial charge on any atom is -0.385 e. The van der Waals surface area contributed by atoms with E-state index in [9.17, 15) is 14.4 Å². The molecule has 3 amide bonds. The SMILES string of the molecule is COCCCN1C(=O)C[C@@](CC(=O)NCc2ccc3ncccc3c2)(c2ccccc2C)C1=O. The Balaban J connectivity index is 1.55. The molecule has 0 unspecified atom stereocenters. The number of aryl methyl sites for hydroxylation is 1. The van der Waals surface area contributed by atoms with Crippen LogP contribution in [0.1, 0.15) is 36.0 Å². The zero-order valence-electron chi connectivity index (χ0n) is 19.5. The summed E-state index contributed by atoms with van der Waals surface area (Å²) in [7, 11) is 1.58. The van der Waals surface area contributed by atoms with E-state index < -0.39 is 5.41 Å². The van der Waals surface area contributed by atoms with Crippen LogP contribution in [0.3, 0.4) is 0 Å². The van der Waals surface area contributed by atoms with Crippen LogP contribution in [0.25, 0.3) is 10.9 Å². The van der Waals surface area contributed by atoms with Crippen LogP contribution >= 0.6 is 0 Å². The van der Waals surface area contributed by atoms with E-state index >= 15 is 0 Å². The van der Waals surface area contributed by atoms with Crippen LogP contribution in [0.15, 0.2) is 60.8 Å². The fourth-order valence-electron chi connectivity index (χ4n) is 4.72. The summed E-state index contributed by atoms with van der Waals surface area (Å²) in [6.45, 7) is 2.97. The molecule has 34 heavy (non-hydrogen) atoms. The number of benzene rings is 2. The van der Waals surface area contributed by atoms with Crippen molar-refractivity contribution in [3.8, 4) is 0 Å². The number of carbonyl (C=O) groups excluding carboxylic acids is 3. The lowest BCUT2D eigenvalue weighted by atomic mass is 9.74. The molecule has 1 aliphatic rings. The maximum atomic E-state index is 13.6. The second-order valence-electron chi connectivity index (χ2n) is 8.75. The molecule has 1 saturated heterocycles. The average Bonchev–Trinajstić information content (AvgIpc) is 3.07. The van der Waals surface area contributed by atoms with Crippen molar-refractivity contribution in [2.24, 2.45) is 0 Å². The van der Waals surface area contributed by atoms with Crippen molar-refractivity contribution in [3.05, 3.63) is 77.5 Å². The predicted octanol–water partition coefficient (Wildman–Crippen LogP) is 3.28. The Labute approximate surface area is 199 Å². The summed E-state index contributed by atoms with van der Waals surface area (Å²) in [5, 5.41) is 3.94. The van der Waals surface area contributed by atoms with Crippen molar-refractivity contribution < 1.29 is 19.1 Å². The lowest BCUT2D eigenvalue weighted by molar-refractivity contribution is -0.141. The second-order valence-corrected chi connectivity index (χ2v) is 8.75. The van der Waals surface area contributed by atoms with Crippen LogP contribution in [-0.4, -0.2) is 47.9 Å². The van der Waals surface area contributed by atoms with Gasteiger partial charge in [0.25, 0.3) is 0 Å². The Morgan fingerprint density at radius 1 is 1.15 bits per heavy atom. The highest BCUT2D eigenvalue weighted by atomic mass is 16.5. The summed E-state index contributed by atoms with van der Waals surface area (Å²) in [4.78, 5) is 45.2. The number of methoxy groups -OCH3 is 1. The molecule has 1 atom stereocenters. The van der Waals surface area contributed by atoms with Gasteiger partial charge in [0.05, 0.1) is 10.9 Å². The Kier molecular flexibility index (Phi) is 7.03. The van der Waals surface area contributed by atoms with Gasteiger partial charge in [-0.15, -0.1) is 0 Å². The first-order valence-corrected chi connectivity index (χ1v) is 11.4. The Morgan fingerprint density at radius 2 is 1.97 bits per heavy atom. The van der Waals surface area contributed by atoms with Gasteiger partial charge in [-0.2, -0.15) is 0 Å². The topological polar surface area (TPSA) is 88.6 Å². The fraction of sp³-hybridized carbons (Fsp3) is 0.333. The molecular formula is C27H29N3O4. The smallest absolute Gasteiger partial charge is 0.240 e. The molecule has 176 valence electrons. The van der Waals surface area contributed by atoms with Gasteiger partial charge in [-0.05, 0) is 48.2 Å². The van der Waals surface area contributed by atoms with Gasteiger partial charge < -0.3 is 10.1 Å². The van der Waals surface area contributed by atoms with E-state index in [0.29, 0.717) is 19.6 Å². The number of likely N-dealkylation sites (tertiary alicyclic amines) is 1. The summed E-state index contributed by atoms with van der Waals surface area (Å²) < 4.78 is 5.08. The molecule has 0 spiro atoms. The molecule has 7 heteroatoms. The number of aromatic nitrogens is 1. The quantitative estimate of drug-likeness (QED) is 0.392. The Hall–Kier alpha value is -3.58. The molecule has 2 aromatic carbocycles. The molecule has 7 nitrogen and oxygen atoms in total. The first-order valence-electron chi connectivity index (χ1n) is 11.4. The van der Waals surface area contributed by atoms with Crippen LogP contribution in [0, 0.1) is 6.92 Å². The van der Waals surface area contributed by atoms with Gasteiger partial charge in [-0.25, -0.2) is 0 Å². The van der Waals surface area contributed by atoms with Gasteiger partial charge in [-0.3, -0.25) is 24.3 Å². The average molecular weight is 460 g/mol. The minimum atomic E-state index is -1.20. The molecule has 1 fully saturated rings. The third kappa shape index (κ3) is 4.70. The molecule has 0 saturated carbocycles. The molecule has 3 aromatic rings. The number of fused-ring (bicyclic) bond motifs is 1. The molecule has 0 bridgehead atoms. The van der Waals surface area contributed by atoms with E-state index in [4.69, 9.17) is 4.74 Å². The number of nitrogens with one attached hydrogen (secondary N) is 1. The summed E-state index contributed by atoms with van der Waals surface area (Å²) >= 11 is 0. The zero-order chi connectivity index (χ0) is 24.1. The maximum absolute atomic E-state index is 13.6. The van der Waals surface area contributed by atoms with Crippen LogP contribution in [0.2, 0.25) is 0 Å². The molecule has 1 aliphatic heterocycles. The van der Waals surface area contributed by atoms with Crippen molar-refractivity contribution in [1.82, 2.24) is 15.2 Å². The van der Waals surface area contributed by atoms with Gasteiger partial charge in [-0.1, -0.05) is 36.4 Å². The van der Waals surface area contributed by atoms with Crippen molar-refractivity contribution in [2.45, 2.75) is 38.1 Å². The number of hydrogen-bond donors (Lipinski definition) is 1. The van der Waals surface area contributed by atoms with Crippen LogP contribution in [0.5, 0.6) is 0 Å². The molecule has 0 aliphatic carbocycles. The van der Waals surface area contributed by atoms with Gasteiger partial charge in [0, 0.05) is 51.2 Å². The lowest BCUT2D eigenvalue weighted by Crippen LogP contribution is -2.43. The summed E-state index contributed by atoms with van der Waals surface area (Å²) in [6, 6.07) is 17.2. The van der Waals surface area contributed by atoms with E-state index in [1.807, 2.05) is 61.5 Å². The highest BCUT2D eigenvalue weighted by Crippen LogP contribution is 2.41. The number of hydrogen-bond acceptors (Lipinski definition) is 5. The zero-order valence-corrected chi connectivity index (χ0v) is 19.5. The van der Waals surface area contributed by atoms with E-state index in [0.717, 1.165) is 27.6 Å². The Morgan fingerprint density at radius 3 is 2.76 bits per heavy atom. The number of amides is 3. The van der Waals surface area contributed by atoms with Crippen LogP contribution in [-0.2, 0) is 31.1 Å². The summed E-state index contributed by atoms with van der Waals surface area (Å²) in [6.07, 6.45) is 2.20. The van der Waals surface area contributed by atoms with Gasteiger partial charge in [0.15, 0.2) is 0 Å². The normalized spacial score (nSPS) is 18.0. The standard InChI is InChI=1S/C27H29N3O4/c1-19-7-3-4-9-22(19)27(17-25(32)30(26(27)33)13-6-14-34-2)16-24(31)29-18-20-10-11-23-21(15-20)8-5-12-28-23/h3-5,7-12,15H,6,13-14,16-18H2,1-2H3,(H,29,31)/t27-/m0/s1. The first-order chi connectivity index (χ1) is 16.4. The molecule has 2 heterocycles. The third-order valence-corrected chi connectivity index (χ3v) is 6.42. The fourth-order valence-corrected chi connectivity index (χ4v) is 4.72. The first kappa shape index (κ1) is 23.6. The van der Waals surface area contributed by atoms with Crippen LogP contribution in [0.4, 0.5) is 0 Å². The van der Waals surface area contributed by atoms with E-state index in [1.165, 1.54) is 4.90 Å². The Bertz CT molecular complexity index is 1230. The van der Waals surface area contributed by atoms with Crippen molar-refractivity contribution in [3.63, 3.8) is 0 Å². The number of pyridine rings is 1. The van der Waals surface area contributed by atoms with E-state index in [2.05, 4.69) is 10.3 Å². The van der Waals surface area contributed by atoms with Crippen LogP contribution < -0.4 is 5.32 Å². The maximum Gasteiger partial charge on any atom is 0.240 e. The molecule has 0 radical (unpaired) electrons. The largest absolute Gasteiger partial charge is 0.385 e. The van der Waals surface area contributed by atoms with Crippen molar-refractivity contribution in [2.75, 3.05) is 20.3 Å². The molecule has 1 N–H and O–H groups in total. The molecular weight excluding hydrogens is 430 g/mol. The number of carbonyl (C=O) groups is 3. The van der Waals surface area contributed by atoms with Gasteiger partial charge >= 0.3 is 0 Å². The monoisotopic (exact) mass is 459 g/mol. The highest BCUT2D eigenvalue weighted by Gasteiger charge is 2.53. The molecule has 1 aromatic heterocycles. The van der Waals surface area contributed by atoms with E-state index in [-0.39, 0.29) is 37.1 Å². The number of imide groups is 1. The number of ether oxygens (including phenoxy) is 1. The summed E-state index contributed by atoms with van der Waals surface area (Å²) in [5.74, 6) is -0.830. The van der Waals surface area contributed by atoms with Crippen molar-refractivity contribution >= 4 is 28.6 Å². The molecule has 4 rings (SSSR count). The van der Waals surface area contributed by atoms with E-state index in [1.54, 1.807) is 13.3 Å². The minimum absolute atomic E-state index is 0.0151.